The molecule has 3 N–H and O–H groups in total. The Balaban J connectivity index is 1.70. The molecule has 0 aliphatic heterocycles. The second-order valence-corrected chi connectivity index (χ2v) is 4.00. The van der Waals surface area contributed by atoms with Gasteiger partial charge in [0, 0.05) is 11.3 Å². The fourth-order valence-electron chi connectivity index (χ4n) is 2.07. The molecule has 0 fully saturated rings. The van der Waals surface area contributed by atoms with E-state index in [0.717, 1.165) is 30.5 Å². The van der Waals surface area contributed by atoms with E-state index in [4.69, 9.17) is 0 Å². The van der Waals surface area contributed by atoms with Gasteiger partial charge in [-0.3, -0.25) is 15.0 Å². The number of aryl methyl sites for hydroxylation is 1. The molecule has 0 saturated heterocycles. The average Bonchev–Trinajstić information content (AvgIpc) is 3.02. The van der Waals surface area contributed by atoms with E-state index < -0.39 is 0 Å². The van der Waals surface area contributed by atoms with Crippen LogP contribution in [0, 0.1) is 0 Å². The van der Waals surface area contributed by atoms with Crippen molar-refractivity contribution >= 4 is 5.91 Å². The molecule has 1 aliphatic carbocycles. The molecule has 1 amide bonds. The van der Waals surface area contributed by atoms with Crippen LogP contribution in [-0.2, 0) is 19.4 Å². The van der Waals surface area contributed by atoms with Gasteiger partial charge in [0.15, 0.2) is 5.69 Å². The summed E-state index contributed by atoms with van der Waals surface area (Å²) in [5.41, 5.74) is 2.66. The minimum atomic E-state index is -0.166. The van der Waals surface area contributed by atoms with Crippen molar-refractivity contribution in [3.05, 3.63) is 29.1 Å². The summed E-state index contributed by atoms with van der Waals surface area (Å²) in [6, 6.07) is 0. The topological polar surface area (TPSA) is 99.3 Å². The number of aromatic nitrogens is 5. The number of carbonyl (C=O) groups is 1. The van der Waals surface area contributed by atoms with Crippen LogP contribution in [0.5, 0.6) is 0 Å². The van der Waals surface area contributed by atoms with E-state index in [1.807, 2.05) is 0 Å². The molecule has 0 aromatic carbocycles. The van der Waals surface area contributed by atoms with Crippen LogP contribution in [0.15, 0.2) is 6.33 Å². The minimum absolute atomic E-state index is 0.166. The maximum Gasteiger partial charge on any atom is 0.272 e. The maximum atomic E-state index is 11.9. The van der Waals surface area contributed by atoms with Crippen molar-refractivity contribution < 1.29 is 4.79 Å². The lowest BCUT2D eigenvalue weighted by Gasteiger charge is -2.01. The smallest absolute Gasteiger partial charge is 0.272 e. The van der Waals surface area contributed by atoms with Gasteiger partial charge in [0.1, 0.15) is 12.2 Å². The molecule has 0 unspecified atom stereocenters. The van der Waals surface area contributed by atoms with E-state index in [2.05, 4.69) is 30.7 Å². The van der Waals surface area contributed by atoms with Gasteiger partial charge in [0.05, 0.1) is 6.54 Å². The third kappa shape index (κ3) is 1.79. The van der Waals surface area contributed by atoms with E-state index in [-0.39, 0.29) is 5.91 Å². The highest BCUT2D eigenvalue weighted by Crippen LogP contribution is 2.22. The van der Waals surface area contributed by atoms with Crippen LogP contribution in [-0.4, -0.2) is 31.3 Å². The van der Waals surface area contributed by atoms with Crippen LogP contribution >= 0.6 is 0 Å². The highest BCUT2D eigenvalue weighted by Gasteiger charge is 2.22. The summed E-state index contributed by atoms with van der Waals surface area (Å²) in [5.74, 6) is 0.464. The van der Waals surface area contributed by atoms with Crippen molar-refractivity contribution in [2.75, 3.05) is 0 Å². The zero-order chi connectivity index (χ0) is 11.7. The highest BCUT2D eigenvalue weighted by molar-refractivity contribution is 5.94. The minimum Gasteiger partial charge on any atom is -0.343 e. The summed E-state index contributed by atoms with van der Waals surface area (Å²) in [5, 5.41) is 16.1. The monoisotopic (exact) mass is 232 g/mol. The summed E-state index contributed by atoms with van der Waals surface area (Å²) in [4.78, 5) is 15.8. The zero-order valence-electron chi connectivity index (χ0n) is 9.16. The van der Waals surface area contributed by atoms with E-state index in [9.17, 15) is 4.79 Å². The molecule has 0 radical (unpaired) electrons. The van der Waals surface area contributed by atoms with Gasteiger partial charge in [-0.1, -0.05) is 0 Å². The Hall–Kier alpha value is -2.18. The molecule has 88 valence electrons. The first-order chi connectivity index (χ1) is 8.34. The lowest BCUT2D eigenvalue weighted by molar-refractivity contribution is 0.0944. The van der Waals surface area contributed by atoms with Gasteiger partial charge in [-0.05, 0) is 19.3 Å². The van der Waals surface area contributed by atoms with Crippen LogP contribution in [0.25, 0.3) is 0 Å². The number of fused-ring (bicyclic) bond motifs is 1. The SMILES string of the molecule is O=C(NCc1ncn[nH]1)c1n[nH]c2c1CCC2. The molecule has 3 rings (SSSR count). The lowest BCUT2D eigenvalue weighted by atomic mass is 10.2. The van der Waals surface area contributed by atoms with Crippen LogP contribution in [0.4, 0.5) is 0 Å². The summed E-state index contributed by atoms with van der Waals surface area (Å²) < 4.78 is 0. The molecule has 2 aromatic heterocycles. The van der Waals surface area contributed by atoms with Crippen molar-refractivity contribution in [1.82, 2.24) is 30.7 Å². The third-order valence-corrected chi connectivity index (χ3v) is 2.90. The molecular formula is C10H12N6O. The number of H-pyrrole nitrogens is 2. The number of nitrogens with zero attached hydrogens (tertiary/aromatic N) is 3. The molecule has 1 aliphatic rings. The molecular weight excluding hydrogens is 220 g/mol. The number of amides is 1. The largest absolute Gasteiger partial charge is 0.343 e. The van der Waals surface area contributed by atoms with Crippen LogP contribution in [0.3, 0.4) is 0 Å². The Morgan fingerprint density at radius 1 is 1.41 bits per heavy atom. The zero-order valence-corrected chi connectivity index (χ0v) is 9.16. The Bertz CT molecular complexity index is 529. The second kappa shape index (κ2) is 4.00. The van der Waals surface area contributed by atoms with Gasteiger partial charge >= 0.3 is 0 Å². The predicted molar refractivity (Wildman–Crippen MR) is 58.2 cm³/mol. The number of hydrogen-bond acceptors (Lipinski definition) is 4. The molecule has 7 nitrogen and oxygen atoms in total. The van der Waals surface area contributed by atoms with E-state index in [1.54, 1.807) is 0 Å². The van der Waals surface area contributed by atoms with Crippen LogP contribution in [0.2, 0.25) is 0 Å². The first-order valence-corrected chi connectivity index (χ1v) is 5.53. The van der Waals surface area contributed by atoms with Crippen molar-refractivity contribution in [2.45, 2.75) is 25.8 Å². The van der Waals surface area contributed by atoms with Gasteiger partial charge in [0.2, 0.25) is 0 Å². The maximum absolute atomic E-state index is 11.9. The number of rotatable bonds is 3. The summed E-state index contributed by atoms with van der Waals surface area (Å²) >= 11 is 0. The van der Waals surface area contributed by atoms with Crippen molar-refractivity contribution in [1.29, 1.82) is 0 Å². The highest BCUT2D eigenvalue weighted by atomic mass is 16.1. The van der Waals surface area contributed by atoms with E-state index >= 15 is 0 Å². The van der Waals surface area contributed by atoms with Crippen LogP contribution < -0.4 is 5.32 Å². The van der Waals surface area contributed by atoms with Gasteiger partial charge in [-0.15, -0.1) is 0 Å². The second-order valence-electron chi connectivity index (χ2n) is 4.00. The molecule has 0 atom stereocenters. The Morgan fingerprint density at radius 2 is 2.35 bits per heavy atom. The Morgan fingerprint density at radius 3 is 3.18 bits per heavy atom. The molecule has 2 aromatic rings. The van der Waals surface area contributed by atoms with Crippen molar-refractivity contribution in [3.8, 4) is 0 Å². The predicted octanol–water partition coefficient (Wildman–Crippen LogP) is -0.0535. The number of hydrogen-bond donors (Lipinski definition) is 3. The average molecular weight is 232 g/mol. The van der Waals surface area contributed by atoms with E-state index in [0.29, 0.717) is 18.1 Å². The summed E-state index contributed by atoms with van der Waals surface area (Å²) in [7, 11) is 0. The van der Waals surface area contributed by atoms with Crippen molar-refractivity contribution in [3.63, 3.8) is 0 Å². The molecule has 17 heavy (non-hydrogen) atoms. The number of aromatic amines is 2. The molecule has 7 heteroatoms. The Labute approximate surface area is 97.0 Å². The van der Waals surface area contributed by atoms with Crippen LogP contribution in [0.1, 0.15) is 34.0 Å². The number of nitrogens with one attached hydrogen (secondary N) is 3. The molecule has 0 saturated carbocycles. The quantitative estimate of drug-likeness (QED) is 0.690. The van der Waals surface area contributed by atoms with Gasteiger partial charge in [0.25, 0.3) is 5.91 Å². The van der Waals surface area contributed by atoms with Gasteiger partial charge < -0.3 is 5.32 Å². The first-order valence-electron chi connectivity index (χ1n) is 5.53. The first kappa shape index (κ1) is 10.0. The summed E-state index contributed by atoms with van der Waals surface area (Å²) in [6.45, 7) is 0.334. The number of carbonyl (C=O) groups excluding carboxylic acids is 1. The molecule has 0 spiro atoms. The van der Waals surface area contributed by atoms with E-state index in [1.165, 1.54) is 6.33 Å². The van der Waals surface area contributed by atoms with Gasteiger partial charge in [-0.25, -0.2) is 4.98 Å². The fourth-order valence-corrected chi connectivity index (χ4v) is 2.07. The standard InChI is InChI=1S/C10H12N6O/c17-10(11-4-8-12-5-13-15-8)9-6-2-1-3-7(6)14-16-9/h5H,1-4H2,(H,11,17)(H,14,16)(H,12,13,15). The third-order valence-electron chi connectivity index (χ3n) is 2.90. The lowest BCUT2D eigenvalue weighted by Crippen LogP contribution is -2.24. The van der Waals surface area contributed by atoms with Crippen molar-refractivity contribution in [2.24, 2.45) is 0 Å². The summed E-state index contributed by atoms with van der Waals surface area (Å²) in [6.07, 6.45) is 4.41. The van der Waals surface area contributed by atoms with Gasteiger partial charge in [-0.2, -0.15) is 10.2 Å². The Kier molecular flexibility index (Phi) is 2.36. The molecule has 0 bridgehead atoms. The fraction of sp³-hybridized carbons (Fsp3) is 0.400. The molecule has 2 heterocycles. The normalized spacial score (nSPS) is 13.6.